The number of rotatable bonds is 0. The summed E-state index contributed by atoms with van der Waals surface area (Å²) in [5, 5.41) is 19.4. The molecule has 6 heteroatoms. The normalized spacial score (nSPS) is 17.4. The van der Waals surface area contributed by atoms with Crippen molar-refractivity contribution in [2.75, 3.05) is 0 Å². The second-order valence-electron chi connectivity index (χ2n) is 14.7. The minimum absolute atomic E-state index is 0.0177. The van der Waals surface area contributed by atoms with Gasteiger partial charge < -0.3 is 0 Å². The SMILES string of the molecule is O=c1c2ccc3c4ccc5c6ccc7c(=O)n8c9ccccc9nc8c8ccc(c9ccc(c%10ccc(c%11n1C1C=CC=CC1N=%11)c2c3%10)c4c59)c6c78. The van der Waals surface area contributed by atoms with Gasteiger partial charge in [-0.15, -0.1) is 0 Å². The Morgan fingerprint density at radius 2 is 0.923 bits per heavy atom. The number of pyridine rings is 2. The van der Waals surface area contributed by atoms with Gasteiger partial charge in [0, 0.05) is 32.3 Å². The molecule has 0 amide bonds. The molecule has 0 N–H and O–H groups in total. The molecule has 2 aliphatic rings. The summed E-state index contributed by atoms with van der Waals surface area (Å²) in [5.41, 5.74) is 3.10. The summed E-state index contributed by atoms with van der Waals surface area (Å²) in [5.74, 6) is 0. The van der Waals surface area contributed by atoms with E-state index >= 15 is 0 Å². The Morgan fingerprint density at radius 1 is 0.462 bits per heavy atom. The average Bonchev–Trinajstić information content (AvgIpc) is 3.78. The van der Waals surface area contributed by atoms with Gasteiger partial charge in [0.25, 0.3) is 11.1 Å². The number of imidazole rings is 1. The van der Waals surface area contributed by atoms with Crippen molar-refractivity contribution >= 4 is 114 Å². The van der Waals surface area contributed by atoms with Gasteiger partial charge in [0.05, 0.1) is 23.1 Å². The summed E-state index contributed by atoms with van der Waals surface area (Å²) in [7, 11) is 0. The van der Waals surface area contributed by atoms with Crippen LogP contribution in [0.5, 0.6) is 0 Å². The highest BCUT2D eigenvalue weighted by atomic mass is 16.1. The Balaban J connectivity index is 1.16. The molecule has 0 radical (unpaired) electrons. The number of nitrogens with zero attached hydrogens (tertiary/aromatic N) is 4. The van der Waals surface area contributed by atoms with Gasteiger partial charge in [-0.25, -0.2) is 4.98 Å². The van der Waals surface area contributed by atoms with Crippen molar-refractivity contribution in [1.29, 1.82) is 0 Å². The highest BCUT2D eigenvalue weighted by Gasteiger charge is 2.31. The molecule has 0 saturated heterocycles. The molecule has 4 heterocycles. The number of fused-ring (bicyclic) bond motifs is 12. The van der Waals surface area contributed by atoms with Crippen LogP contribution in [0.4, 0.5) is 0 Å². The zero-order chi connectivity index (χ0) is 33.7. The number of hydrogen-bond donors (Lipinski definition) is 0. The van der Waals surface area contributed by atoms with Gasteiger partial charge in [-0.2, -0.15) is 0 Å². The van der Waals surface area contributed by atoms with Crippen LogP contribution in [0, 0.1) is 0 Å². The lowest BCUT2D eigenvalue weighted by Crippen LogP contribution is -2.34. The molecule has 0 fully saturated rings. The second kappa shape index (κ2) is 8.33. The third-order valence-electron chi connectivity index (χ3n) is 12.4. The highest BCUT2D eigenvalue weighted by Crippen LogP contribution is 2.49. The molecule has 2 atom stereocenters. The molecule has 12 aromatic rings. The molecule has 0 bridgehead atoms. The summed E-state index contributed by atoms with van der Waals surface area (Å²) in [6, 6.07) is 33.9. The molecule has 52 heavy (non-hydrogen) atoms. The van der Waals surface area contributed by atoms with Crippen molar-refractivity contribution < 1.29 is 0 Å². The smallest absolute Gasteiger partial charge is 0.264 e. The lowest BCUT2D eigenvalue weighted by atomic mass is 9.82. The van der Waals surface area contributed by atoms with Gasteiger partial charge in [-0.05, 0) is 101 Å². The third kappa shape index (κ3) is 2.67. The number of hydrogen-bond acceptors (Lipinski definition) is 4. The van der Waals surface area contributed by atoms with E-state index in [2.05, 4.69) is 72.8 Å². The molecule has 238 valence electrons. The van der Waals surface area contributed by atoms with Crippen LogP contribution in [0.15, 0.2) is 136 Å². The van der Waals surface area contributed by atoms with E-state index in [1.54, 1.807) is 4.40 Å². The quantitative estimate of drug-likeness (QED) is 0.120. The Bertz CT molecular complexity index is 3860. The Morgan fingerprint density at radius 3 is 1.54 bits per heavy atom. The predicted molar refractivity (Wildman–Crippen MR) is 212 cm³/mol. The van der Waals surface area contributed by atoms with Crippen LogP contribution in [0.25, 0.3) is 114 Å². The molecular weight excluding hydrogens is 641 g/mol. The van der Waals surface area contributed by atoms with Crippen LogP contribution in [0.3, 0.4) is 0 Å². The number of para-hydroxylation sites is 2. The number of aromatic nitrogens is 3. The van der Waals surface area contributed by atoms with Crippen molar-refractivity contribution in [1.82, 2.24) is 14.0 Å². The predicted octanol–water partition coefficient (Wildman–Crippen LogP) is 9.09. The first-order valence-corrected chi connectivity index (χ1v) is 17.8. The van der Waals surface area contributed by atoms with Crippen LogP contribution in [0.2, 0.25) is 0 Å². The summed E-state index contributed by atoms with van der Waals surface area (Å²) >= 11 is 0. The maximum Gasteiger partial charge on any atom is 0.264 e. The molecule has 1 aliphatic carbocycles. The fraction of sp³-hybridized carbons (Fsp3) is 0.0435. The van der Waals surface area contributed by atoms with E-state index in [0.717, 1.165) is 75.8 Å². The van der Waals surface area contributed by atoms with Gasteiger partial charge in [0.1, 0.15) is 11.1 Å². The first-order chi connectivity index (χ1) is 25.7. The Labute approximate surface area is 291 Å². The Hall–Kier alpha value is -6.92. The van der Waals surface area contributed by atoms with Crippen molar-refractivity contribution in [3.8, 4) is 0 Å². The molecule has 9 aromatic carbocycles. The lowest BCUT2D eigenvalue weighted by molar-refractivity contribution is 0.577. The fourth-order valence-electron chi connectivity index (χ4n) is 10.4. The van der Waals surface area contributed by atoms with E-state index in [0.29, 0.717) is 11.0 Å². The maximum absolute atomic E-state index is 14.2. The molecule has 2 unspecified atom stereocenters. The van der Waals surface area contributed by atoms with E-state index in [1.807, 2.05) is 53.1 Å². The first-order valence-electron chi connectivity index (χ1n) is 17.8. The minimum Gasteiger partial charge on any atom is -0.283 e. The third-order valence-corrected chi connectivity index (χ3v) is 12.4. The monoisotopic (exact) mass is 662 g/mol. The number of benzene rings is 9. The van der Waals surface area contributed by atoms with Crippen LogP contribution in [-0.4, -0.2) is 20.0 Å². The number of allylic oxidation sites excluding steroid dienone is 2. The van der Waals surface area contributed by atoms with Crippen LogP contribution in [-0.2, 0) is 0 Å². The highest BCUT2D eigenvalue weighted by molar-refractivity contribution is 6.45. The molecule has 14 rings (SSSR count). The van der Waals surface area contributed by atoms with Gasteiger partial charge in [0.15, 0.2) is 0 Å². The first kappa shape index (κ1) is 26.0. The van der Waals surface area contributed by atoms with Gasteiger partial charge >= 0.3 is 0 Å². The summed E-state index contributed by atoms with van der Waals surface area (Å²) < 4.78 is 3.67. The lowest BCUT2D eigenvalue weighted by Gasteiger charge is -2.21. The standard InChI is InChI=1S/C46H22N4O2/c51-45-31-19-15-27-23-11-12-24-28-16-20-32-42-30(44-48-34-6-2-4-8-36(34)50(44)46(32)52)18-14-26(40(28)42)22-10-9-21(37(23)38(22)24)25-13-17-29(41(31)39(25)27)43-47-33-5-1-3-7-35(33)49(43)45/h1-20,33,35H. The van der Waals surface area contributed by atoms with E-state index in [-0.39, 0.29) is 23.2 Å². The minimum atomic E-state index is -0.0900. The average molecular weight is 663 g/mol. The molecule has 3 aromatic heterocycles. The molecule has 6 nitrogen and oxygen atoms in total. The summed E-state index contributed by atoms with van der Waals surface area (Å²) in [4.78, 5) is 38.4. The van der Waals surface area contributed by atoms with Gasteiger partial charge in [-0.1, -0.05) is 85.0 Å². The molecule has 0 saturated carbocycles. The van der Waals surface area contributed by atoms with Crippen LogP contribution in [0.1, 0.15) is 6.04 Å². The van der Waals surface area contributed by atoms with Crippen molar-refractivity contribution in [2.45, 2.75) is 12.1 Å². The topological polar surface area (TPSA) is 68.7 Å². The van der Waals surface area contributed by atoms with Crippen molar-refractivity contribution in [2.24, 2.45) is 4.99 Å². The zero-order valence-electron chi connectivity index (χ0n) is 27.3. The van der Waals surface area contributed by atoms with E-state index in [9.17, 15) is 9.59 Å². The maximum atomic E-state index is 14.2. The summed E-state index contributed by atoms with van der Waals surface area (Å²) in [6.45, 7) is 0. The zero-order valence-corrected chi connectivity index (χ0v) is 27.3. The molecule has 0 spiro atoms. The van der Waals surface area contributed by atoms with E-state index < -0.39 is 0 Å². The van der Waals surface area contributed by atoms with E-state index in [4.69, 9.17) is 9.98 Å². The summed E-state index contributed by atoms with van der Waals surface area (Å²) in [6.07, 6.45) is 8.21. The van der Waals surface area contributed by atoms with Gasteiger partial charge in [0.2, 0.25) is 0 Å². The van der Waals surface area contributed by atoms with Crippen LogP contribution < -0.4 is 16.6 Å². The largest absolute Gasteiger partial charge is 0.283 e. The van der Waals surface area contributed by atoms with Crippen LogP contribution >= 0.6 is 0 Å². The van der Waals surface area contributed by atoms with Gasteiger partial charge in [-0.3, -0.25) is 23.5 Å². The van der Waals surface area contributed by atoms with Crippen molar-refractivity contribution in [3.63, 3.8) is 0 Å². The van der Waals surface area contributed by atoms with E-state index in [1.165, 1.54) is 32.3 Å². The molecule has 1 aliphatic heterocycles. The van der Waals surface area contributed by atoms with Crippen molar-refractivity contribution in [3.05, 3.63) is 148 Å². The second-order valence-corrected chi connectivity index (χ2v) is 14.7. The molecular formula is C46H22N4O2. The fourth-order valence-corrected chi connectivity index (χ4v) is 10.4. The Kier molecular flexibility index (Phi) is 4.16.